The van der Waals surface area contributed by atoms with Crippen LogP contribution in [0, 0.1) is 0 Å². The molecule has 2 atom stereocenters. The molecule has 238 valence electrons. The molecule has 2 unspecified atom stereocenters. The first kappa shape index (κ1) is 31.7. The third-order valence-electron chi connectivity index (χ3n) is 7.64. The Kier molecular flexibility index (Phi) is 9.53. The van der Waals surface area contributed by atoms with Crippen molar-refractivity contribution < 1.29 is 41.8 Å². The molecule has 0 radical (unpaired) electrons. The van der Waals surface area contributed by atoms with E-state index < -0.39 is 57.6 Å². The molecule has 0 saturated carbocycles. The van der Waals surface area contributed by atoms with Crippen molar-refractivity contribution in [3.05, 3.63) is 42.7 Å². The Morgan fingerprint density at radius 1 is 1.02 bits per heavy atom. The van der Waals surface area contributed by atoms with Crippen molar-refractivity contribution in [3.8, 4) is 0 Å². The van der Waals surface area contributed by atoms with Gasteiger partial charge in [0.25, 0.3) is 21.9 Å². The van der Waals surface area contributed by atoms with Gasteiger partial charge in [-0.15, -0.1) is 5.06 Å². The molecule has 1 aromatic carbocycles. The summed E-state index contributed by atoms with van der Waals surface area (Å²) in [5, 5.41) is 7.17. The summed E-state index contributed by atoms with van der Waals surface area (Å²) in [7, 11) is -4.65. The fraction of sp³-hybridized carbons (Fsp3) is 0.414. The van der Waals surface area contributed by atoms with Gasteiger partial charge in [0.15, 0.2) is 0 Å². The lowest BCUT2D eigenvalue weighted by molar-refractivity contribution is -0.197. The smallest absolute Gasteiger partial charge is 0.333 e. The lowest BCUT2D eigenvalue weighted by atomic mass is 10.1. The van der Waals surface area contributed by atoms with Crippen LogP contribution in [0.3, 0.4) is 0 Å². The van der Waals surface area contributed by atoms with E-state index in [1.165, 1.54) is 0 Å². The third-order valence-corrected chi connectivity index (χ3v) is 8.40. The Hall–Kier alpha value is -4.70. The largest absolute Gasteiger partial charge is 0.359 e. The summed E-state index contributed by atoms with van der Waals surface area (Å²) in [6.07, 6.45) is 4.76. The Bertz CT molecular complexity index is 1750. The molecule has 5 rings (SSSR count). The molecule has 2 saturated heterocycles. The van der Waals surface area contributed by atoms with Crippen molar-refractivity contribution in [2.75, 3.05) is 23.7 Å². The van der Waals surface area contributed by atoms with E-state index in [2.05, 4.69) is 20.6 Å². The highest BCUT2D eigenvalue weighted by Gasteiger charge is 2.36. The molecule has 15 nitrogen and oxygen atoms in total. The topological polar surface area (TPSA) is 205 Å². The van der Waals surface area contributed by atoms with E-state index in [4.69, 9.17) is 4.84 Å². The lowest BCUT2D eigenvalue weighted by Crippen LogP contribution is -2.54. The van der Waals surface area contributed by atoms with Gasteiger partial charge in [-0.25, -0.2) is 4.79 Å². The van der Waals surface area contributed by atoms with Gasteiger partial charge in [0.2, 0.25) is 11.8 Å². The fourth-order valence-corrected chi connectivity index (χ4v) is 6.17. The second-order valence-corrected chi connectivity index (χ2v) is 12.3. The minimum absolute atomic E-state index is 0.0199. The molecule has 3 N–H and O–H groups in total. The number of unbranched alkanes of at least 4 members (excludes halogenated alkanes) is 1. The highest BCUT2D eigenvalue weighted by Crippen LogP contribution is 2.34. The first-order valence-corrected chi connectivity index (χ1v) is 16.1. The molecular weight excluding hydrogens is 608 g/mol. The van der Waals surface area contributed by atoms with Crippen LogP contribution in [0.15, 0.2) is 42.7 Å². The highest BCUT2D eigenvalue weighted by atomic mass is 32.2. The van der Waals surface area contributed by atoms with Gasteiger partial charge in [-0.1, -0.05) is 12.1 Å². The van der Waals surface area contributed by atoms with Gasteiger partial charge < -0.3 is 20.4 Å². The molecule has 2 fully saturated rings. The molecule has 2 aromatic heterocycles. The standard InChI is InChI=1S/C29H32N6O9S/c36-23-10-11-24(37)35(23)44-25(38)7-1-2-13-32-28(39)20(17-45(41,42)43)33-29(40)22-6-4-16-34(22)21-12-15-31-27-19(21)9-8-18-5-3-14-30-26(18)27/h3,5,8-9,12,14-15,20,22H,1-2,4,6-7,10-11,13,16-17H2,(H,32,39)(H,33,40)(H,41,42,43). The zero-order chi connectivity index (χ0) is 32.1. The van der Waals surface area contributed by atoms with Crippen molar-refractivity contribution in [2.24, 2.45) is 0 Å². The highest BCUT2D eigenvalue weighted by molar-refractivity contribution is 7.85. The molecule has 3 aromatic rings. The number of pyridine rings is 2. The zero-order valence-corrected chi connectivity index (χ0v) is 25.0. The van der Waals surface area contributed by atoms with E-state index in [9.17, 15) is 36.9 Å². The second-order valence-electron chi connectivity index (χ2n) is 10.8. The Balaban J connectivity index is 1.20. The second kappa shape index (κ2) is 13.5. The van der Waals surface area contributed by atoms with Crippen molar-refractivity contribution in [2.45, 2.75) is 57.0 Å². The SMILES string of the molecule is O=C(CCCCNC(=O)C(CS(=O)(=O)O)NC(=O)C1CCCN1c1ccnc2c1ccc1cccnc12)ON1C(=O)CCC1=O. The Labute approximate surface area is 258 Å². The monoisotopic (exact) mass is 640 g/mol. The number of nitrogens with zero attached hydrogens (tertiary/aromatic N) is 4. The first-order valence-electron chi connectivity index (χ1n) is 14.5. The minimum Gasteiger partial charge on any atom is -0.359 e. The number of benzene rings is 1. The summed E-state index contributed by atoms with van der Waals surface area (Å²) in [5.74, 6) is -4.39. The summed E-state index contributed by atoms with van der Waals surface area (Å²) in [5.41, 5.74) is 2.14. The summed E-state index contributed by atoms with van der Waals surface area (Å²) in [6.45, 7) is 0.557. The predicted molar refractivity (Wildman–Crippen MR) is 160 cm³/mol. The molecular formula is C29H32N6O9S. The van der Waals surface area contributed by atoms with Crippen molar-refractivity contribution in [3.63, 3.8) is 0 Å². The summed E-state index contributed by atoms with van der Waals surface area (Å²) in [4.78, 5) is 77.1. The molecule has 16 heteroatoms. The zero-order valence-electron chi connectivity index (χ0n) is 24.2. The van der Waals surface area contributed by atoms with Crippen molar-refractivity contribution in [1.29, 1.82) is 0 Å². The molecule has 45 heavy (non-hydrogen) atoms. The number of carbonyl (C=O) groups excluding carboxylic acids is 5. The van der Waals surface area contributed by atoms with Crippen LogP contribution in [-0.4, -0.2) is 88.5 Å². The minimum atomic E-state index is -4.65. The van der Waals surface area contributed by atoms with Gasteiger partial charge in [0.1, 0.15) is 17.8 Å². The maximum absolute atomic E-state index is 13.5. The van der Waals surface area contributed by atoms with E-state index in [1.807, 2.05) is 29.2 Å². The maximum atomic E-state index is 13.5. The number of rotatable bonds is 12. The molecule has 0 aliphatic carbocycles. The molecule has 4 heterocycles. The number of hydroxylamine groups is 2. The number of hydrogen-bond donors (Lipinski definition) is 3. The molecule has 4 amide bonds. The number of fused-ring (bicyclic) bond motifs is 3. The number of anilines is 1. The van der Waals surface area contributed by atoms with Gasteiger partial charge >= 0.3 is 5.97 Å². The van der Waals surface area contributed by atoms with Crippen LogP contribution in [0.25, 0.3) is 21.8 Å². The molecule has 0 bridgehead atoms. The van der Waals surface area contributed by atoms with Crippen LogP contribution in [0.4, 0.5) is 5.69 Å². The predicted octanol–water partition coefficient (Wildman–Crippen LogP) is 1.02. The van der Waals surface area contributed by atoms with E-state index in [1.54, 1.807) is 18.5 Å². The Morgan fingerprint density at radius 3 is 2.53 bits per heavy atom. The van der Waals surface area contributed by atoms with Gasteiger partial charge in [-0.3, -0.25) is 33.7 Å². The molecule has 2 aliphatic rings. The van der Waals surface area contributed by atoms with Crippen LogP contribution < -0.4 is 15.5 Å². The van der Waals surface area contributed by atoms with Crippen LogP contribution >= 0.6 is 0 Å². The molecule has 0 spiro atoms. The number of carbonyl (C=O) groups is 5. The van der Waals surface area contributed by atoms with E-state index in [-0.39, 0.29) is 38.6 Å². The van der Waals surface area contributed by atoms with Gasteiger partial charge in [0.05, 0.1) is 11.0 Å². The maximum Gasteiger partial charge on any atom is 0.333 e. The van der Waals surface area contributed by atoms with Gasteiger partial charge in [0, 0.05) is 61.2 Å². The number of aromatic nitrogens is 2. The summed E-state index contributed by atoms with van der Waals surface area (Å²) in [6, 6.07) is 7.10. The van der Waals surface area contributed by atoms with E-state index >= 15 is 0 Å². The van der Waals surface area contributed by atoms with Crippen molar-refractivity contribution >= 4 is 67.2 Å². The molecule has 2 aliphatic heterocycles. The summed E-state index contributed by atoms with van der Waals surface area (Å²) < 4.78 is 32.9. The number of hydrogen-bond acceptors (Lipinski definition) is 11. The normalized spacial score (nSPS) is 17.6. The average molecular weight is 641 g/mol. The van der Waals surface area contributed by atoms with Gasteiger partial charge in [-0.2, -0.15) is 8.42 Å². The fourth-order valence-electron chi connectivity index (χ4n) is 5.51. The van der Waals surface area contributed by atoms with Gasteiger partial charge in [-0.05, 0) is 43.9 Å². The summed E-state index contributed by atoms with van der Waals surface area (Å²) >= 11 is 0. The van der Waals surface area contributed by atoms with Crippen molar-refractivity contribution in [1.82, 2.24) is 25.7 Å². The quantitative estimate of drug-likeness (QED) is 0.110. The van der Waals surface area contributed by atoms with Crippen LogP contribution in [0.2, 0.25) is 0 Å². The number of nitrogens with one attached hydrogen (secondary N) is 2. The lowest BCUT2D eigenvalue weighted by Gasteiger charge is -2.28. The van der Waals surface area contributed by atoms with Crippen LogP contribution in [0.1, 0.15) is 44.9 Å². The number of amides is 4. The van der Waals surface area contributed by atoms with E-state index in [0.29, 0.717) is 30.0 Å². The van der Waals surface area contributed by atoms with Crippen LogP contribution in [0.5, 0.6) is 0 Å². The van der Waals surface area contributed by atoms with Crippen LogP contribution in [-0.2, 0) is 38.9 Å². The Morgan fingerprint density at radius 2 is 1.78 bits per heavy atom. The average Bonchev–Trinajstić information content (AvgIpc) is 3.62. The van der Waals surface area contributed by atoms with E-state index in [0.717, 1.165) is 22.0 Å². The first-order chi connectivity index (χ1) is 21.5. The third kappa shape index (κ3) is 7.51. The number of imide groups is 1.